The Morgan fingerprint density at radius 2 is 1.70 bits per heavy atom. The minimum absolute atomic E-state index is 0.0969. The van der Waals surface area contributed by atoms with Crippen LogP contribution in [0.4, 0.5) is 5.00 Å². The molecular weight excluding hydrogens is 406 g/mol. The van der Waals surface area contributed by atoms with Crippen molar-refractivity contribution in [1.82, 2.24) is 0 Å². The topological polar surface area (TPSA) is 90.9 Å². The monoisotopic (exact) mass is 433 g/mol. The average molecular weight is 434 g/mol. The molecule has 0 aliphatic carbocycles. The summed E-state index contributed by atoms with van der Waals surface area (Å²) in [5.74, 6) is -1.40. The predicted octanol–water partition coefficient (Wildman–Crippen LogP) is 3.92. The molecule has 0 atom stereocenters. The van der Waals surface area contributed by atoms with Gasteiger partial charge in [-0.1, -0.05) is 29.8 Å². The second-order valence-corrected chi connectivity index (χ2v) is 7.66. The van der Waals surface area contributed by atoms with E-state index < -0.39 is 11.9 Å². The lowest BCUT2D eigenvalue weighted by molar-refractivity contribution is -0.116. The molecule has 2 aromatic rings. The summed E-state index contributed by atoms with van der Waals surface area (Å²) in [7, 11) is 1.51. The van der Waals surface area contributed by atoms with Gasteiger partial charge in [-0.2, -0.15) is 0 Å². The number of hydrogen-bond acceptors (Lipinski definition) is 7. The molecule has 1 N–H and O–H groups in total. The number of carbonyl (C=O) groups excluding carboxylic acids is 3. The Kier molecular flexibility index (Phi) is 9.01. The van der Waals surface area contributed by atoms with Crippen LogP contribution in [-0.4, -0.2) is 44.8 Å². The Labute approximate surface area is 180 Å². The highest BCUT2D eigenvalue weighted by atomic mass is 32.1. The van der Waals surface area contributed by atoms with E-state index in [4.69, 9.17) is 14.2 Å². The van der Waals surface area contributed by atoms with Gasteiger partial charge in [-0.3, -0.25) is 4.79 Å². The Balaban J connectivity index is 2.16. The van der Waals surface area contributed by atoms with Crippen LogP contribution in [0.3, 0.4) is 0 Å². The van der Waals surface area contributed by atoms with E-state index >= 15 is 0 Å². The number of anilines is 1. The maximum atomic E-state index is 12.5. The number of rotatable bonds is 10. The minimum Gasteiger partial charge on any atom is -0.462 e. The number of amides is 1. The van der Waals surface area contributed by atoms with Crippen LogP contribution in [0.2, 0.25) is 0 Å². The van der Waals surface area contributed by atoms with Crippen LogP contribution in [0.5, 0.6) is 0 Å². The van der Waals surface area contributed by atoms with Crippen molar-refractivity contribution >= 4 is 34.2 Å². The summed E-state index contributed by atoms with van der Waals surface area (Å²) >= 11 is 1.01. The van der Waals surface area contributed by atoms with E-state index in [-0.39, 0.29) is 42.6 Å². The zero-order valence-corrected chi connectivity index (χ0v) is 18.5. The van der Waals surface area contributed by atoms with Gasteiger partial charge in [0.2, 0.25) is 5.91 Å². The van der Waals surface area contributed by atoms with Gasteiger partial charge in [0.1, 0.15) is 16.5 Å². The number of benzene rings is 1. The van der Waals surface area contributed by atoms with Crippen molar-refractivity contribution in [2.75, 3.05) is 32.2 Å². The molecule has 1 aromatic heterocycles. The number of aryl methyl sites for hydroxylation is 2. The zero-order chi connectivity index (χ0) is 22.1. The van der Waals surface area contributed by atoms with Crippen molar-refractivity contribution in [2.45, 2.75) is 33.6 Å². The fourth-order valence-corrected chi connectivity index (χ4v) is 3.84. The standard InChI is InChI=1S/C22H27NO6S/c1-5-28-21(25)18-15(3)19(22(26)29-13-12-27-4)30-20(18)23-17(24)11-10-16-8-6-14(2)7-9-16/h6-9H,5,10-13H2,1-4H3,(H,23,24). The number of carbonyl (C=O) groups is 3. The van der Waals surface area contributed by atoms with Gasteiger partial charge in [0.15, 0.2) is 0 Å². The van der Waals surface area contributed by atoms with Gasteiger partial charge in [-0.05, 0) is 38.3 Å². The third-order valence-corrected chi connectivity index (χ3v) is 5.53. The van der Waals surface area contributed by atoms with Crippen molar-refractivity contribution in [3.8, 4) is 0 Å². The van der Waals surface area contributed by atoms with E-state index in [1.165, 1.54) is 7.11 Å². The Bertz CT molecular complexity index is 888. The van der Waals surface area contributed by atoms with Crippen LogP contribution in [0.25, 0.3) is 0 Å². The van der Waals surface area contributed by atoms with Crippen molar-refractivity contribution in [3.63, 3.8) is 0 Å². The molecule has 30 heavy (non-hydrogen) atoms. The summed E-state index contributed by atoms with van der Waals surface area (Å²) in [6, 6.07) is 7.96. The van der Waals surface area contributed by atoms with Crippen molar-refractivity contribution < 1.29 is 28.6 Å². The van der Waals surface area contributed by atoms with Crippen molar-refractivity contribution in [2.24, 2.45) is 0 Å². The van der Waals surface area contributed by atoms with E-state index in [2.05, 4.69) is 5.32 Å². The molecule has 1 amide bonds. The first kappa shape index (κ1) is 23.6. The quantitative estimate of drug-likeness (QED) is 0.451. The van der Waals surface area contributed by atoms with Crippen LogP contribution in [-0.2, 0) is 25.4 Å². The van der Waals surface area contributed by atoms with Crippen LogP contribution in [0.1, 0.15) is 50.1 Å². The van der Waals surface area contributed by atoms with Gasteiger partial charge in [0.25, 0.3) is 0 Å². The second-order valence-electron chi connectivity index (χ2n) is 6.64. The number of ether oxygens (including phenoxy) is 3. The summed E-state index contributed by atoms with van der Waals surface area (Å²) in [6.45, 7) is 5.88. The van der Waals surface area contributed by atoms with Gasteiger partial charge in [-0.25, -0.2) is 9.59 Å². The molecule has 2 rings (SSSR count). The molecule has 0 spiro atoms. The van der Waals surface area contributed by atoms with Crippen LogP contribution < -0.4 is 5.32 Å². The zero-order valence-electron chi connectivity index (χ0n) is 17.7. The van der Waals surface area contributed by atoms with Crippen LogP contribution in [0, 0.1) is 13.8 Å². The van der Waals surface area contributed by atoms with Gasteiger partial charge < -0.3 is 19.5 Å². The van der Waals surface area contributed by atoms with Gasteiger partial charge in [-0.15, -0.1) is 11.3 Å². The molecule has 0 aliphatic heterocycles. The fourth-order valence-electron chi connectivity index (χ4n) is 2.73. The molecule has 0 saturated carbocycles. The van der Waals surface area contributed by atoms with Crippen molar-refractivity contribution in [1.29, 1.82) is 0 Å². The molecule has 1 aromatic carbocycles. The lowest BCUT2D eigenvalue weighted by atomic mass is 10.1. The normalized spacial score (nSPS) is 10.5. The summed E-state index contributed by atoms with van der Waals surface area (Å²) in [6.07, 6.45) is 0.813. The van der Waals surface area contributed by atoms with Gasteiger partial charge >= 0.3 is 11.9 Å². The number of hydrogen-bond donors (Lipinski definition) is 1. The molecule has 0 unspecified atom stereocenters. The van der Waals surface area contributed by atoms with E-state index in [1.807, 2.05) is 31.2 Å². The first-order chi connectivity index (χ1) is 14.4. The average Bonchev–Trinajstić information content (AvgIpc) is 3.03. The van der Waals surface area contributed by atoms with Crippen LogP contribution in [0.15, 0.2) is 24.3 Å². The minimum atomic E-state index is -0.587. The Hall–Kier alpha value is -2.71. The lowest BCUT2D eigenvalue weighted by Gasteiger charge is -2.07. The SMILES string of the molecule is CCOC(=O)c1c(NC(=O)CCc2ccc(C)cc2)sc(C(=O)OCCOC)c1C. The second kappa shape index (κ2) is 11.5. The molecule has 0 bridgehead atoms. The number of thiophene rings is 1. The van der Waals surface area contributed by atoms with Gasteiger partial charge in [0.05, 0.1) is 18.8 Å². The third-order valence-electron chi connectivity index (χ3n) is 4.35. The maximum Gasteiger partial charge on any atom is 0.348 e. The molecule has 1 heterocycles. The highest BCUT2D eigenvalue weighted by molar-refractivity contribution is 7.18. The highest BCUT2D eigenvalue weighted by Gasteiger charge is 2.27. The van der Waals surface area contributed by atoms with Gasteiger partial charge in [0, 0.05) is 13.5 Å². The summed E-state index contributed by atoms with van der Waals surface area (Å²) in [5.41, 5.74) is 2.81. The number of nitrogens with one attached hydrogen (secondary N) is 1. The lowest BCUT2D eigenvalue weighted by Crippen LogP contribution is -2.15. The maximum absolute atomic E-state index is 12.5. The highest BCUT2D eigenvalue weighted by Crippen LogP contribution is 2.34. The summed E-state index contributed by atoms with van der Waals surface area (Å²) in [5, 5.41) is 3.05. The molecule has 7 nitrogen and oxygen atoms in total. The molecule has 0 radical (unpaired) electrons. The van der Waals surface area contributed by atoms with Crippen molar-refractivity contribution in [3.05, 3.63) is 51.4 Å². The van der Waals surface area contributed by atoms with E-state index in [0.29, 0.717) is 17.0 Å². The molecule has 0 fully saturated rings. The molecular formula is C22H27NO6S. The Morgan fingerprint density at radius 3 is 2.33 bits per heavy atom. The van der Waals surface area contributed by atoms with E-state index in [9.17, 15) is 14.4 Å². The Morgan fingerprint density at radius 1 is 1.00 bits per heavy atom. The number of methoxy groups -OCH3 is 1. The third kappa shape index (κ3) is 6.40. The molecule has 8 heteroatoms. The van der Waals surface area contributed by atoms with E-state index in [1.54, 1.807) is 13.8 Å². The first-order valence-electron chi connectivity index (χ1n) is 9.69. The smallest absolute Gasteiger partial charge is 0.348 e. The molecule has 162 valence electrons. The van der Waals surface area contributed by atoms with Crippen LogP contribution >= 0.6 is 11.3 Å². The summed E-state index contributed by atoms with van der Waals surface area (Å²) < 4.78 is 15.1. The fraction of sp³-hybridized carbons (Fsp3) is 0.409. The first-order valence-corrected chi connectivity index (χ1v) is 10.5. The summed E-state index contributed by atoms with van der Waals surface area (Å²) in [4.78, 5) is 37.6. The predicted molar refractivity (Wildman–Crippen MR) is 115 cm³/mol. The van der Waals surface area contributed by atoms with E-state index in [0.717, 1.165) is 22.5 Å². The molecule has 0 aliphatic rings. The largest absolute Gasteiger partial charge is 0.462 e. The molecule has 0 saturated heterocycles. The number of esters is 2.